The number of imidazole rings is 1. The minimum Gasteiger partial charge on any atom is -0.480 e. The van der Waals surface area contributed by atoms with Crippen LogP contribution in [0.5, 0.6) is 6.01 Å². The summed E-state index contributed by atoms with van der Waals surface area (Å²) in [5.74, 6) is 0. The molecule has 3 aromatic rings. The summed E-state index contributed by atoms with van der Waals surface area (Å²) in [4.78, 5) is 10.8. The van der Waals surface area contributed by atoms with E-state index in [-0.39, 0.29) is 12.1 Å². The quantitative estimate of drug-likeness (QED) is 0.746. The van der Waals surface area contributed by atoms with Crippen molar-refractivity contribution >= 4 is 22.8 Å². The Kier molecular flexibility index (Phi) is 5.06. The molecule has 1 N–H and O–H groups in total. The van der Waals surface area contributed by atoms with Gasteiger partial charge in [0, 0.05) is 25.8 Å². The number of ether oxygens (including phenoxy) is 1. The number of aromatic nitrogens is 3. The van der Waals surface area contributed by atoms with Gasteiger partial charge in [0.1, 0.15) is 0 Å². The molecular weight excluding hydrogens is 352 g/mol. The highest BCUT2D eigenvalue weighted by Crippen LogP contribution is 2.29. The van der Waals surface area contributed by atoms with Gasteiger partial charge < -0.3 is 9.84 Å². The summed E-state index contributed by atoms with van der Waals surface area (Å²) in [6.45, 7) is 4.05. The van der Waals surface area contributed by atoms with E-state index in [0.29, 0.717) is 10.7 Å². The predicted molar refractivity (Wildman–Crippen MR) is 101 cm³/mol. The highest BCUT2D eigenvalue weighted by atomic mass is 35.5. The minimum absolute atomic E-state index is 0.0146. The zero-order chi connectivity index (χ0) is 17.9. The number of aromatic hydroxyl groups is 1. The number of benzene rings is 1. The van der Waals surface area contributed by atoms with E-state index < -0.39 is 0 Å². The van der Waals surface area contributed by atoms with Crippen LogP contribution in [0.25, 0.3) is 11.2 Å². The number of pyridine rings is 1. The number of nitrogens with zero attached hydrogens (tertiary/aromatic N) is 4. The molecule has 0 aliphatic carbocycles. The molecular formula is C19H21ClN4O2. The van der Waals surface area contributed by atoms with Crippen molar-refractivity contribution in [3.8, 4) is 6.01 Å². The average Bonchev–Trinajstić information content (AvgIpc) is 2.98. The number of fused-ring (bicyclic) bond motifs is 1. The van der Waals surface area contributed by atoms with Crippen molar-refractivity contribution < 1.29 is 9.84 Å². The van der Waals surface area contributed by atoms with Gasteiger partial charge in [-0.3, -0.25) is 9.47 Å². The molecule has 1 atom stereocenters. The van der Waals surface area contributed by atoms with Crippen LogP contribution in [0, 0.1) is 0 Å². The predicted octanol–water partition coefficient (Wildman–Crippen LogP) is 2.91. The van der Waals surface area contributed by atoms with E-state index >= 15 is 0 Å². The van der Waals surface area contributed by atoms with Gasteiger partial charge in [-0.2, -0.15) is 4.98 Å². The molecule has 7 heteroatoms. The fourth-order valence-corrected chi connectivity index (χ4v) is 3.66. The molecule has 26 heavy (non-hydrogen) atoms. The topological polar surface area (TPSA) is 63.4 Å². The van der Waals surface area contributed by atoms with Gasteiger partial charge in [-0.05, 0) is 18.1 Å². The van der Waals surface area contributed by atoms with Crippen molar-refractivity contribution in [1.29, 1.82) is 0 Å². The van der Waals surface area contributed by atoms with Gasteiger partial charge in [-0.15, -0.1) is 0 Å². The van der Waals surface area contributed by atoms with Crippen LogP contribution in [0.2, 0.25) is 5.02 Å². The van der Waals surface area contributed by atoms with E-state index in [2.05, 4.69) is 27.0 Å². The van der Waals surface area contributed by atoms with E-state index in [4.69, 9.17) is 16.3 Å². The fourth-order valence-electron chi connectivity index (χ4n) is 3.51. The molecule has 0 amide bonds. The second-order valence-corrected chi connectivity index (χ2v) is 6.97. The molecule has 0 unspecified atom stereocenters. The lowest BCUT2D eigenvalue weighted by Gasteiger charge is -2.31. The lowest BCUT2D eigenvalue weighted by Crippen LogP contribution is -2.40. The Morgan fingerprint density at radius 3 is 2.73 bits per heavy atom. The van der Waals surface area contributed by atoms with Crippen molar-refractivity contribution in [2.24, 2.45) is 0 Å². The van der Waals surface area contributed by atoms with Gasteiger partial charge >= 0.3 is 0 Å². The molecule has 1 aromatic carbocycles. The summed E-state index contributed by atoms with van der Waals surface area (Å²) in [5, 5.41) is 11.1. The van der Waals surface area contributed by atoms with Crippen LogP contribution < -0.4 is 0 Å². The summed E-state index contributed by atoms with van der Waals surface area (Å²) in [5.41, 5.74) is 2.47. The normalized spacial score (nSPS) is 16.8. The molecule has 4 rings (SSSR count). The summed E-state index contributed by atoms with van der Waals surface area (Å²) < 4.78 is 7.32. The van der Waals surface area contributed by atoms with E-state index in [1.54, 1.807) is 6.20 Å². The Bertz CT molecular complexity index is 878. The SMILES string of the molecule is Oc1nc2ncc(Cl)cc2n1[C@H](Cc1ccccc1)CN1CCOCC1. The third-order valence-electron chi connectivity index (χ3n) is 4.75. The first kappa shape index (κ1) is 17.3. The molecule has 0 saturated carbocycles. The summed E-state index contributed by atoms with van der Waals surface area (Å²) in [6, 6.07) is 12.1. The van der Waals surface area contributed by atoms with Crippen LogP contribution in [0.3, 0.4) is 0 Å². The number of halogens is 1. The van der Waals surface area contributed by atoms with Crippen LogP contribution in [-0.2, 0) is 11.2 Å². The molecule has 6 nitrogen and oxygen atoms in total. The maximum atomic E-state index is 10.5. The van der Waals surface area contributed by atoms with E-state index in [1.807, 2.05) is 28.8 Å². The number of rotatable bonds is 5. The van der Waals surface area contributed by atoms with Crippen LogP contribution >= 0.6 is 11.6 Å². The lowest BCUT2D eigenvalue weighted by molar-refractivity contribution is 0.0313. The molecule has 3 heterocycles. The molecule has 0 spiro atoms. The summed E-state index contributed by atoms with van der Waals surface area (Å²) in [6.07, 6.45) is 2.33. The zero-order valence-electron chi connectivity index (χ0n) is 14.4. The van der Waals surface area contributed by atoms with Crippen molar-refractivity contribution in [2.75, 3.05) is 32.8 Å². The van der Waals surface area contributed by atoms with E-state index in [1.165, 1.54) is 5.56 Å². The molecule has 1 aliphatic heterocycles. The van der Waals surface area contributed by atoms with Crippen molar-refractivity contribution in [3.63, 3.8) is 0 Å². The second-order valence-electron chi connectivity index (χ2n) is 6.53. The Morgan fingerprint density at radius 2 is 1.96 bits per heavy atom. The molecule has 0 bridgehead atoms. The number of morpholine rings is 1. The van der Waals surface area contributed by atoms with Gasteiger partial charge in [0.15, 0.2) is 5.65 Å². The lowest BCUT2D eigenvalue weighted by atomic mass is 10.0. The van der Waals surface area contributed by atoms with Crippen LogP contribution in [0.4, 0.5) is 0 Å². The molecule has 1 saturated heterocycles. The van der Waals surface area contributed by atoms with Gasteiger partial charge in [0.05, 0.1) is 29.8 Å². The van der Waals surface area contributed by atoms with Gasteiger partial charge in [0.2, 0.25) is 0 Å². The zero-order valence-corrected chi connectivity index (χ0v) is 15.1. The van der Waals surface area contributed by atoms with E-state index in [9.17, 15) is 5.11 Å². The van der Waals surface area contributed by atoms with Crippen LogP contribution in [-0.4, -0.2) is 57.4 Å². The van der Waals surface area contributed by atoms with Crippen molar-refractivity contribution in [1.82, 2.24) is 19.4 Å². The Labute approximate surface area is 157 Å². The highest BCUT2D eigenvalue weighted by Gasteiger charge is 2.24. The van der Waals surface area contributed by atoms with E-state index in [0.717, 1.165) is 44.8 Å². The first-order valence-corrected chi connectivity index (χ1v) is 9.15. The van der Waals surface area contributed by atoms with Crippen LogP contribution in [0.15, 0.2) is 42.6 Å². The maximum absolute atomic E-state index is 10.5. The second kappa shape index (κ2) is 7.61. The standard InChI is InChI=1S/C19H21ClN4O2/c20-15-11-17-18(21-12-15)22-19(25)24(17)16(10-14-4-2-1-3-5-14)13-23-6-8-26-9-7-23/h1-5,11-12,16H,6-10,13H2,(H,21,22,25)/t16-/m1/s1. The van der Waals surface area contributed by atoms with Gasteiger partial charge in [-0.25, -0.2) is 4.98 Å². The maximum Gasteiger partial charge on any atom is 0.296 e. The van der Waals surface area contributed by atoms with Gasteiger partial charge in [-0.1, -0.05) is 41.9 Å². The Morgan fingerprint density at radius 1 is 1.19 bits per heavy atom. The molecule has 2 aromatic heterocycles. The average molecular weight is 373 g/mol. The number of hydrogen-bond acceptors (Lipinski definition) is 5. The minimum atomic E-state index is -0.0241. The van der Waals surface area contributed by atoms with Gasteiger partial charge in [0.25, 0.3) is 6.01 Å². The Balaban J connectivity index is 1.71. The van der Waals surface area contributed by atoms with Crippen LogP contribution in [0.1, 0.15) is 11.6 Å². The smallest absolute Gasteiger partial charge is 0.296 e. The summed E-state index contributed by atoms with van der Waals surface area (Å²) in [7, 11) is 0. The first-order chi connectivity index (χ1) is 12.7. The third kappa shape index (κ3) is 3.67. The molecule has 136 valence electrons. The third-order valence-corrected chi connectivity index (χ3v) is 4.95. The fraction of sp³-hybridized carbons (Fsp3) is 0.368. The molecule has 1 aliphatic rings. The molecule has 0 radical (unpaired) electrons. The Hall–Kier alpha value is -2.15. The highest BCUT2D eigenvalue weighted by molar-refractivity contribution is 6.31. The first-order valence-electron chi connectivity index (χ1n) is 8.77. The molecule has 1 fully saturated rings. The number of hydrogen-bond donors (Lipinski definition) is 1. The largest absolute Gasteiger partial charge is 0.480 e. The monoisotopic (exact) mass is 372 g/mol. The van der Waals surface area contributed by atoms with Crippen molar-refractivity contribution in [3.05, 3.63) is 53.2 Å². The summed E-state index contributed by atoms with van der Waals surface area (Å²) >= 11 is 6.14. The van der Waals surface area contributed by atoms with Crippen molar-refractivity contribution in [2.45, 2.75) is 12.5 Å².